The number of hydrogen-bond acceptors (Lipinski definition) is 5. The van der Waals surface area contributed by atoms with E-state index >= 15 is 0 Å². The summed E-state index contributed by atoms with van der Waals surface area (Å²) in [6.07, 6.45) is -4.40. The van der Waals surface area contributed by atoms with Crippen LogP contribution in [-0.2, 0) is 15.3 Å². The highest BCUT2D eigenvalue weighted by molar-refractivity contribution is 6.16. The molecule has 0 fully saturated rings. The van der Waals surface area contributed by atoms with Gasteiger partial charge in [-0.3, -0.25) is 4.79 Å². The molecule has 1 aliphatic rings. The quantitative estimate of drug-likeness (QED) is 0.298. The molecular formula is C24H18F5N3O3. The molecule has 0 saturated heterocycles. The molecule has 1 unspecified atom stereocenters. The topological polar surface area (TPSA) is 72.3 Å². The van der Waals surface area contributed by atoms with E-state index in [1.54, 1.807) is 24.3 Å². The van der Waals surface area contributed by atoms with Crippen LogP contribution in [0.5, 0.6) is 0 Å². The molecule has 4 rings (SSSR count). The zero-order valence-corrected chi connectivity index (χ0v) is 18.2. The molecule has 0 bridgehead atoms. The van der Waals surface area contributed by atoms with Crippen LogP contribution in [0.25, 0.3) is 10.8 Å². The maximum Gasteiger partial charge on any atom is 0.435 e. The minimum Gasteiger partial charge on any atom is -0.399 e. The van der Waals surface area contributed by atoms with Crippen molar-refractivity contribution < 1.29 is 36.4 Å². The number of alkyl halides is 3. The van der Waals surface area contributed by atoms with Crippen LogP contribution >= 0.6 is 0 Å². The van der Waals surface area contributed by atoms with Crippen molar-refractivity contribution in [2.75, 3.05) is 13.7 Å². The number of nitrogens with one attached hydrogen (secondary N) is 1. The third-order valence-corrected chi connectivity index (χ3v) is 5.59. The van der Waals surface area contributed by atoms with Crippen LogP contribution in [0, 0.1) is 11.6 Å². The Hall–Kier alpha value is -4.02. The van der Waals surface area contributed by atoms with Crippen molar-refractivity contribution in [3.8, 4) is 0 Å². The number of nitrogens with zero attached hydrogens (tertiary/aromatic N) is 2. The van der Waals surface area contributed by atoms with E-state index in [1.165, 1.54) is 25.5 Å². The minimum atomic E-state index is -4.98. The fourth-order valence-corrected chi connectivity index (χ4v) is 3.89. The van der Waals surface area contributed by atoms with Crippen LogP contribution in [0.3, 0.4) is 0 Å². The fourth-order valence-electron chi connectivity index (χ4n) is 3.89. The van der Waals surface area contributed by atoms with Crippen LogP contribution in [-0.4, -0.2) is 37.7 Å². The number of halogens is 5. The first kappa shape index (κ1) is 24.1. The van der Waals surface area contributed by atoms with E-state index in [9.17, 15) is 26.7 Å². The molecule has 0 aromatic heterocycles. The molecule has 1 aliphatic heterocycles. The highest BCUT2D eigenvalue weighted by Gasteiger charge is 2.62. The van der Waals surface area contributed by atoms with Gasteiger partial charge in [0, 0.05) is 23.1 Å². The van der Waals surface area contributed by atoms with Gasteiger partial charge in [-0.05, 0) is 29.0 Å². The largest absolute Gasteiger partial charge is 0.435 e. The van der Waals surface area contributed by atoms with E-state index < -0.39 is 41.3 Å². The van der Waals surface area contributed by atoms with Gasteiger partial charge in [-0.15, -0.1) is 0 Å². The van der Waals surface area contributed by atoms with Crippen molar-refractivity contribution in [2.24, 2.45) is 10.3 Å². The zero-order chi connectivity index (χ0) is 25.2. The summed E-state index contributed by atoms with van der Waals surface area (Å²) in [6.45, 7) is 0.103. The van der Waals surface area contributed by atoms with Crippen molar-refractivity contribution in [1.29, 1.82) is 0 Å². The second-order valence-electron chi connectivity index (χ2n) is 7.65. The van der Waals surface area contributed by atoms with Gasteiger partial charge < -0.3 is 15.0 Å². The molecule has 1 N–H and O–H groups in total. The van der Waals surface area contributed by atoms with Gasteiger partial charge in [-0.1, -0.05) is 46.7 Å². The van der Waals surface area contributed by atoms with E-state index in [0.29, 0.717) is 28.5 Å². The second kappa shape index (κ2) is 9.32. The van der Waals surface area contributed by atoms with Gasteiger partial charge in [0.05, 0.1) is 18.5 Å². The smallest absolute Gasteiger partial charge is 0.399 e. The summed E-state index contributed by atoms with van der Waals surface area (Å²) in [6, 6.07) is 11.5. The molecule has 3 aromatic carbocycles. The second-order valence-corrected chi connectivity index (χ2v) is 7.65. The molecule has 1 atom stereocenters. The van der Waals surface area contributed by atoms with Gasteiger partial charge in [0.15, 0.2) is 11.6 Å². The normalized spacial score (nSPS) is 17.9. The summed E-state index contributed by atoms with van der Waals surface area (Å²) >= 11 is 0. The molecule has 182 valence electrons. The SMILES string of the molecule is CON=CCNC(=O)c1ccc(C2=NOC(c3ccc(F)c(F)c3)(C(F)(F)F)C2)c2ccccc12. The lowest BCUT2D eigenvalue weighted by atomic mass is 9.85. The molecule has 0 aliphatic carbocycles. The minimum absolute atomic E-state index is 0.0533. The lowest BCUT2D eigenvalue weighted by Crippen LogP contribution is -2.42. The first-order valence-corrected chi connectivity index (χ1v) is 10.3. The van der Waals surface area contributed by atoms with Crippen molar-refractivity contribution in [3.63, 3.8) is 0 Å². The molecule has 11 heteroatoms. The highest BCUT2D eigenvalue weighted by Crippen LogP contribution is 2.49. The van der Waals surface area contributed by atoms with Crippen LogP contribution in [0.1, 0.15) is 27.9 Å². The Balaban J connectivity index is 1.72. The van der Waals surface area contributed by atoms with Crippen molar-refractivity contribution in [2.45, 2.75) is 18.2 Å². The summed E-state index contributed by atoms with van der Waals surface area (Å²) in [5.74, 6) is -3.13. The number of oxime groups is 2. The highest BCUT2D eigenvalue weighted by atomic mass is 19.4. The van der Waals surface area contributed by atoms with Crippen LogP contribution in [0.4, 0.5) is 22.0 Å². The number of carbonyl (C=O) groups is 1. The maximum atomic E-state index is 14.2. The van der Waals surface area contributed by atoms with Crippen molar-refractivity contribution in [3.05, 3.63) is 82.9 Å². The molecule has 1 amide bonds. The van der Waals surface area contributed by atoms with Crippen molar-refractivity contribution in [1.82, 2.24) is 5.32 Å². The third-order valence-electron chi connectivity index (χ3n) is 5.59. The summed E-state index contributed by atoms with van der Waals surface area (Å²) in [7, 11) is 1.36. The molecule has 3 aromatic rings. The Bertz CT molecular complexity index is 1340. The van der Waals surface area contributed by atoms with E-state index in [-0.39, 0.29) is 17.8 Å². The van der Waals surface area contributed by atoms with Gasteiger partial charge in [-0.25, -0.2) is 8.78 Å². The standard InChI is InChI=1S/C24H18F5N3O3/c1-34-31-11-10-30-22(33)18-8-7-17(15-4-2-3-5-16(15)18)21-13-23(35-32-21,24(27,28)29)14-6-9-19(25)20(26)12-14/h2-9,11-12H,10,13H2,1H3,(H,30,33). The van der Waals surface area contributed by atoms with Gasteiger partial charge in [0.25, 0.3) is 11.5 Å². The molecule has 0 radical (unpaired) electrons. The Morgan fingerprint density at radius 3 is 2.57 bits per heavy atom. The van der Waals surface area contributed by atoms with Crippen molar-refractivity contribution >= 4 is 28.6 Å². The molecule has 1 heterocycles. The fraction of sp³-hybridized carbons (Fsp3) is 0.208. The molecule has 0 spiro atoms. The predicted octanol–water partition coefficient (Wildman–Crippen LogP) is 5.06. The first-order valence-electron chi connectivity index (χ1n) is 10.3. The van der Waals surface area contributed by atoms with Crippen LogP contribution < -0.4 is 5.32 Å². The average Bonchev–Trinajstić information content (AvgIpc) is 3.29. The predicted molar refractivity (Wildman–Crippen MR) is 118 cm³/mol. The van der Waals surface area contributed by atoms with Crippen LogP contribution in [0.15, 0.2) is 64.9 Å². The third kappa shape index (κ3) is 4.41. The van der Waals surface area contributed by atoms with E-state index in [2.05, 4.69) is 20.5 Å². The number of rotatable bonds is 6. The lowest BCUT2D eigenvalue weighted by Gasteiger charge is -2.29. The molecule has 0 saturated carbocycles. The van der Waals surface area contributed by atoms with E-state index in [1.807, 2.05) is 0 Å². The summed E-state index contributed by atoms with van der Waals surface area (Å²) in [5, 5.41) is 10.8. The number of hydrogen-bond donors (Lipinski definition) is 1. The van der Waals surface area contributed by atoms with Gasteiger partial charge >= 0.3 is 6.18 Å². The summed E-state index contributed by atoms with van der Waals surface area (Å²) in [5.41, 5.74) is -3.05. The Labute approximate surface area is 196 Å². The van der Waals surface area contributed by atoms with E-state index in [0.717, 1.165) is 6.07 Å². The monoisotopic (exact) mass is 491 g/mol. The Kier molecular flexibility index (Phi) is 6.42. The maximum absolute atomic E-state index is 14.2. The summed E-state index contributed by atoms with van der Waals surface area (Å²) in [4.78, 5) is 22.1. The van der Waals surface area contributed by atoms with Crippen LogP contribution in [0.2, 0.25) is 0 Å². The average molecular weight is 491 g/mol. The first-order chi connectivity index (χ1) is 16.7. The number of benzene rings is 3. The Morgan fingerprint density at radius 2 is 1.89 bits per heavy atom. The lowest BCUT2D eigenvalue weighted by molar-refractivity contribution is -0.276. The van der Waals surface area contributed by atoms with Gasteiger partial charge in [0.1, 0.15) is 7.11 Å². The van der Waals surface area contributed by atoms with Gasteiger partial charge in [-0.2, -0.15) is 13.2 Å². The Morgan fingerprint density at radius 1 is 1.14 bits per heavy atom. The number of amides is 1. The zero-order valence-electron chi connectivity index (χ0n) is 18.2. The summed E-state index contributed by atoms with van der Waals surface area (Å²) < 4.78 is 69.7. The molecular weight excluding hydrogens is 473 g/mol. The van der Waals surface area contributed by atoms with E-state index in [4.69, 9.17) is 4.84 Å². The number of fused-ring (bicyclic) bond motifs is 1. The molecule has 35 heavy (non-hydrogen) atoms. The molecule has 6 nitrogen and oxygen atoms in total. The number of carbonyl (C=O) groups excluding carboxylic acids is 1. The van der Waals surface area contributed by atoms with Gasteiger partial charge in [0.2, 0.25) is 0 Å².